The molecule has 0 spiro atoms. The Bertz CT molecular complexity index is 535. The fourth-order valence-electron chi connectivity index (χ4n) is 3.90. The Morgan fingerprint density at radius 2 is 2.48 bits per heavy atom. The third-order valence-electron chi connectivity index (χ3n) is 5.10. The molecule has 1 aromatic rings. The first-order chi connectivity index (χ1) is 11.1. The molecule has 2 aliphatic rings. The van der Waals surface area contributed by atoms with Crippen LogP contribution >= 0.6 is 0 Å². The molecular formula is C17H25N4O2. The van der Waals surface area contributed by atoms with Crippen molar-refractivity contribution >= 4 is 5.91 Å². The van der Waals surface area contributed by atoms with E-state index in [1.807, 2.05) is 18.3 Å². The van der Waals surface area contributed by atoms with Crippen LogP contribution in [0.25, 0.3) is 0 Å². The number of aliphatic hydroxyl groups is 1. The first-order valence-corrected chi connectivity index (χ1v) is 8.28. The molecule has 6 nitrogen and oxygen atoms in total. The summed E-state index contributed by atoms with van der Waals surface area (Å²) in [5.74, 6) is -0.258. The van der Waals surface area contributed by atoms with E-state index in [4.69, 9.17) is 5.73 Å². The van der Waals surface area contributed by atoms with Gasteiger partial charge in [0.05, 0.1) is 6.10 Å². The number of nitrogens with zero attached hydrogens (tertiary/aromatic N) is 2. The van der Waals surface area contributed by atoms with Gasteiger partial charge in [-0.25, -0.2) is 0 Å². The van der Waals surface area contributed by atoms with E-state index < -0.39 is 11.6 Å². The van der Waals surface area contributed by atoms with Crippen molar-refractivity contribution in [3.8, 4) is 0 Å². The zero-order valence-corrected chi connectivity index (χ0v) is 13.3. The minimum Gasteiger partial charge on any atom is -0.390 e. The number of carbonyl (C=O) groups excluding carboxylic acids is 1. The van der Waals surface area contributed by atoms with E-state index in [2.05, 4.69) is 21.6 Å². The van der Waals surface area contributed by atoms with Crippen LogP contribution in [-0.4, -0.2) is 51.7 Å². The highest BCUT2D eigenvalue weighted by molar-refractivity contribution is 5.85. The molecule has 1 aromatic heterocycles. The van der Waals surface area contributed by atoms with Crippen molar-refractivity contribution in [3.05, 3.63) is 36.5 Å². The highest BCUT2D eigenvalue weighted by atomic mass is 16.3. The van der Waals surface area contributed by atoms with Crippen molar-refractivity contribution in [2.24, 2.45) is 5.73 Å². The fraction of sp³-hybridized carbons (Fsp3) is 0.588. The highest BCUT2D eigenvalue weighted by Gasteiger charge is 2.52. The van der Waals surface area contributed by atoms with Gasteiger partial charge in [-0.15, -0.1) is 0 Å². The summed E-state index contributed by atoms with van der Waals surface area (Å²) in [6.45, 7) is 1.64. The summed E-state index contributed by atoms with van der Waals surface area (Å²) in [5.41, 5.74) is 6.18. The molecule has 2 bridgehead atoms. The van der Waals surface area contributed by atoms with Gasteiger partial charge in [0.1, 0.15) is 5.54 Å². The van der Waals surface area contributed by atoms with Crippen molar-refractivity contribution in [2.75, 3.05) is 13.1 Å². The number of hydrogen-bond donors (Lipinski definition) is 3. The van der Waals surface area contributed by atoms with E-state index >= 15 is 0 Å². The predicted molar refractivity (Wildman–Crippen MR) is 87.1 cm³/mol. The molecule has 0 aromatic carbocycles. The van der Waals surface area contributed by atoms with Crippen LogP contribution in [0, 0.1) is 6.42 Å². The number of rotatable bonds is 7. The molecular weight excluding hydrogens is 292 g/mol. The average Bonchev–Trinajstić information content (AvgIpc) is 2.75. The maximum absolute atomic E-state index is 12.0. The lowest BCUT2D eigenvalue weighted by Gasteiger charge is -2.43. The molecule has 2 fully saturated rings. The van der Waals surface area contributed by atoms with Gasteiger partial charge >= 0.3 is 0 Å². The van der Waals surface area contributed by atoms with E-state index in [1.54, 1.807) is 6.20 Å². The van der Waals surface area contributed by atoms with Crippen LogP contribution in [0.4, 0.5) is 0 Å². The summed E-state index contributed by atoms with van der Waals surface area (Å²) >= 11 is 0. The number of aliphatic hydroxyl groups excluding tert-OH is 1. The van der Waals surface area contributed by atoms with Crippen LogP contribution in [-0.2, 0) is 11.3 Å². The van der Waals surface area contributed by atoms with Gasteiger partial charge in [0.15, 0.2) is 0 Å². The monoisotopic (exact) mass is 317 g/mol. The Kier molecular flexibility index (Phi) is 4.94. The van der Waals surface area contributed by atoms with Gasteiger partial charge in [-0.3, -0.25) is 14.7 Å². The number of nitrogens with one attached hydrogen (secondary N) is 1. The normalized spacial score (nSPS) is 28.7. The Labute approximate surface area is 137 Å². The Morgan fingerprint density at radius 3 is 3.22 bits per heavy atom. The number of pyridine rings is 1. The minimum atomic E-state index is -0.576. The number of amides is 1. The zero-order chi connectivity index (χ0) is 16.3. The summed E-state index contributed by atoms with van der Waals surface area (Å²) in [5, 5.41) is 13.6. The number of nitrogens with two attached hydrogens (primary N) is 1. The second-order valence-electron chi connectivity index (χ2n) is 6.62. The lowest BCUT2D eigenvalue weighted by atomic mass is 9.87. The molecule has 2 unspecified atom stereocenters. The molecule has 125 valence electrons. The van der Waals surface area contributed by atoms with Gasteiger partial charge in [-0.2, -0.15) is 0 Å². The van der Waals surface area contributed by atoms with Gasteiger partial charge < -0.3 is 16.2 Å². The van der Waals surface area contributed by atoms with Gasteiger partial charge in [-0.05, 0) is 43.7 Å². The number of piperidine rings is 1. The van der Waals surface area contributed by atoms with E-state index in [9.17, 15) is 9.90 Å². The van der Waals surface area contributed by atoms with Crippen LogP contribution in [0.2, 0.25) is 0 Å². The molecule has 3 rings (SSSR count). The Hall–Kier alpha value is -1.50. The topological polar surface area (TPSA) is 91.5 Å². The standard InChI is InChI=1S/C17H25N4O2/c18-16(23)17-6-1-4-14(5-7-17)21(17)12-15(22)11-20-10-13-3-2-8-19-9-13/h1-3,8-9,14-15,20,22H,4-7,10-12H2,(H2,18,23)/t14-,15?,17?/m1/s1. The van der Waals surface area contributed by atoms with Gasteiger partial charge in [0.25, 0.3) is 0 Å². The lowest BCUT2D eigenvalue weighted by molar-refractivity contribution is -0.131. The van der Waals surface area contributed by atoms with Gasteiger partial charge in [0.2, 0.25) is 5.91 Å². The van der Waals surface area contributed by atoms with E-state index in [0.29, 0.717) is 32.1 Å². The van der Waals surface area contributed by atoms with E-state index in [0.717, 1.165) is 24.8 Å². The van der Waals surface area contributed by atoms with Crippen LogP contribution in [0.15, 0.2) is 24.5 Å². The first kappa shape index (κ1) is 16.4. The van der Waals surface area contributed by atoms with Crippen molar-refractivity contribution in [1.29, 1.82) is 0 Å². The van der Waals surface area contributed by atoms with Crippen molar-refractivity contribution in [3.63, 3.8) is 0 Å². The van der Waals surface area contributed by atoms with Crippen LogP contribution in [0.1, 0.15) is 31.2 Å². The average molecular weight is 317 g/mol. The predicted octanol–water partition coefficient (Wildman–Crippen LogP) is 0.219. The van der Waals surface area contributed by atoms with Crippen molar-refractivity contribution in [1.82, 2.24) is 15.2 Å². The van der Waals surface area contributed by atoms with Crippen molar-refractivity contribution in [2.45, 2.75) is 49.9 Å². The molecule has 23 heavy (non-hydrogen) atoms. The number of aromatic nitrogens is 1. The van der Waals surface area contributed by atoms with Gasteiger partial charge in [-0.1, -0.05) is 6.07 Å². The lowest BCUT2D eigenvalue weighted by Crippen LogP contribution is -2.60. The van der Waals surface area contributed by atoms with Crippen LogP contribution in [0.3, 0.4) is 0 Å². The third-order valence-corrected chi connectivity index (χ3v) is 5.10. The maximum atomic E-state index is 12.0. The molecule has 3 atom stereocenters. The smallest absolute Gasteiger partial charge is 0.237 e. The highest BCUT2D eigenvalue weighted by Crippen LogP contribution is 2.43. The molecule has 1 amide bonds. The number of fused-ring (bicyclic) bond motifs is 2. The van der Waals surface area contributed by atoms with E-state index in [1.165, 1.54) is 0 Å². The molecule has 3 heterocycles. The quantitative estimate of drug-likeness (QED) is 0.669. The summed E-state index contributed by atoms with van der Waals surface area (Å²) < 4.78 is 0. The van der Waals surface area contributed by atoms with Gasteiger partial charge in [0, 0.05) is 38.1 Å². The Balaban J connectivity index is 1.53. The Morgan fingerprint density at radius 1 is 1.61 bits per heavy atom. The third kappa shape index (κ3) is 3.39. The van der Waals surface area contributed by atoms with Crippen molar-refractivity contribution < 1.29 is 9.90 Å². The second kappa shape index (κ2) is 6.95. The van der Waals surface area contributed by atoms with Crippen LogP contribution < -0.4 is 11.1 Å². The van der Waals surface area contributed by atoms with Crippen LogP contribution in [0.5, 0.6) is 0 Å². The molecule has 1 radical (unpaired) electrons. The zero-order valence-electron chi connectivity index (χ0n) is 13.3. The SMILES string of the molecule is NC(=O)C12C[CH]C[C@H](CC1)N2CC(O)CNCc1cccnc1. The number of primary amides is 1. The number of β-amino-alcohol motifs (C(OH)–C–C–N with tert-alkyl or cyclic N) is 1. The molecule has 2 saturated heterocycles. The number of hydrogen-bond acceptors (Lipinski definition) is 5. The molecule has 6 heteroatoms. The summed E-state index contributed by atoms with van der Waals surface area (Å²) in [4.78, 5) is 18.2. The fourth-order valence-corrected chi connectivity index (χ4v) is 3.90. The minimum absolute atomic E-state index is 0.258. The summed E-state index contributed by atoms with van der Waals surface area (Å²) in [6.07, 6.45) is 8.66. The largest absolute Gasteiger partial charge is 0.390 e. The second-order valence-corrected chi connectivity index (χ2v) is 6.62. The maximum Gasteiger partial charge on any atom is 0.237 e. The first-order valence-electron chi connectivity index (χ1n) is 8.28. The molecule has 0 aliphatic carbocycles. The summed E-state index contributed by atoms with van der Waals surface area (Å²) in [7, 11) is 0. The molecule has 2 aliphatic heterocycles. The molecule has 0 saturated carbocycles. The molecule has 4 N–H and O–H groups in total. The summed E-state index contributed by atoms with van der Waals surface area (Å²) in [6, 6.07) is 4.23. The van der Waals surface area contributed by atoms with E-state index in [-0.39, 0.29) is 5.91 Å². The number of carbonyl (C=O) groups is 1.